The number of ether oxygens (including phenoxy) is 1. The smallest absolute Gasteiger partial charge is 0.258 e. The lowest BCUT2D eigenvalue weighted by atomic mass is 9.88. The van der Waals surface area contributed by atoms with Gasteiger partial charge in [0.25, 0.3) is 17.5 Å². The van der Waals surface area contributed by atoms with Crippen LogP contribution in [0.3, 0.4) is 0 Å². The molecule has 34 heavy (non-hydrogen) atoms. The summed E-state index contributed by atoms with van der Waals surface area (Å²) in [7, 11) is 0. The number of nitrogens with one attached hydrogen (secondary N) is 1. The van der Waals surface area contributed by atoms with E-state index in [0.717, 1.165) is 24.2 Å². The predicted molar refractivity (Wildman–Crippen MR) is 127 cm³/mol. The van der Waals surface area contributed by atoms with Crippen LogP contribution in [-0.4, -0.2) is 52.6 Å². The number of allylic oxidation sites excluding steroid dienone is 2. The molecule has 0 saturated carbocycles. The summed E-state index contributed by atoms with van der Waals surface area (Å²) in [4.78, 5) is 32.4. The third kappa shape index (κ3) is 4.40. The first-order valence-electron chi connectivity index (χ1n) is 11.7. The molecule has 8 nitrogen and oxygen atoms in total. The van der Waals surface area contributed by atoms with E-state index in [2.05, 4.69) is 27.6 Å². The second kappa shape index (κ2) is 9.29. The number of aromatic nitrogens is 2. The molecule has 2 aliphatic heterocycles. The number of rotatable bonds is 1. The monoisotopic (exact) mass is 460 g/mol. The summed E-state index contributed by atoms with van der Waals surface area (Å²) in [6.07, 6.45) is 6.48. The molecule has 0 radical (unpaired) electrons. The van der Waals surface area contributed by atoms with Gasteiger partial charge < -0.3 is 19.5 Å². The lowest BCUT2D eigenvalue weighted by molar-refractivity contribution is -0.124. The highest BCUT2D eigenvalue weighted by atomic mass is 16.5. The lowest BCUT2D eigenvalue weighted by Gasteiger charge is -2.39. The normalized spacial score (nSPS) is 21.9. The van der Waals surface area contributed by atoms with Crippen molar-refractivity contribution in [1.29, 1.82) is 0 Å². The number of piperidine rings is 1. The first-order valence-corrected chi connectivity index (χ1v) is 11.7. The Kier molecular flexibility index (Phi) is 6.04. The molecule has 0 aliphatic carbocycles. The van der Waals surface area contributed by atoms with E-state index in [1.807, 2.05) is 43.0 Å². The van der Waals surface area contributed by atoms with E-state index >= 15 is 0 Å². The maximum atomic E-state index is 13.6. The van der Waals surface area contributed by atoms with Gasteiger partial charge in [0.05, 0.1) is 16.6 Å². The number of fused-ring (bicyclic) bond motifs is 3. The van der Waals surface area contributed by atoms with Crippen LogP contribution in [0.5, 0.6) is 5.75 Å². The minimum Gasteiger partial charge on any atom is -0.483 e. The van der Waals surface area contributed by atoms with Crippen LogP contribution in [0.25, 0.3) is 11.1 Å². The van der Waals surface area contributed by atoms with E-state index in [0.29, 0.717) is 47.6 Å². The number of pyridine rings is 1. The Morgan fingerprint density at radius 2 is 2.06 bits per heavy atom. The average molecular weight is 461 g/mol. The first-order chi connectivity index (χ1) is 16.5. The van der Waals surface area contributed by atoms with Crippen LogP contribution in [0.4, 0.5) is 0 Å². The van der Waals surface area contributed by atoms with Gasteiger partial charge in [0.15, 0.2) is 6.61 Å². The highest BCUT2D eigenvalue weighted by Gasteiger charge is 2.33. The van der Waals surface area contributed by atoms with Crippen molar-refractivity contribution in [2.75, 3.05) is 19.7 Å². The van der Waals surface area contributed by atoms with E-state index in [-0.39, 0.29) is 30.4 Å². The minimum atomic E-state index is -0.138. The largest absolute Gasteiger partial charge is 0.483 e. The van der Waals surface area contributed by atoms with Gasteiger partial charge in [-0.15, -0.1) is 0 Å². The summed E-state index contributed by atoms with van der Waals surface area (Å²) in [5.41, 5.74) is 3.37. The summed E-state index contributed by atoms with van der Waals surface area (Å²) < 4.78 is 11.1. The quantitative estimate of drug-likeness (QED) is 0.559. The molecular weight excluding hydrogens is 432 g/mol. The van der Waals surface area contributed by atoms with Crippen molar-refractivity contribution in [3.8, 4) is 5.75 Å². The van der Waals surface area contributed by atoms with Crippen molar-refractivity contribution < 1.29 is 18.8 Å². The van der Waals surface area contributed by atoms with Gasteiger partial charge in [0.2, 0.25) is 0 Å². The van der Waals surface area contributed by atoms with Crippen LogP contribution in [0.2, 0.25) is 0 Å². The van der Waals surface area contributed by atoms with Crippen molar-refractivity contribution >= 4 is 22.9 Å². The molecule has 1 fully saturated rings. The molecule has 1 N–H and O–H groups in total. The molecule has 5 rings (SSSR count). The Labute approximate surface area is 198 Å². The molecule has 4 heterocycles. The number of likely N-dealkylation sites (tertiary alicyclic amines) is 1. The molecule has 2 atom stereocenters. The number of amides is 2. The predicted octanol–water partition coefficient (Wildman–Crippen LogP) is 3.37. The van der Waals surface area contributed by atoms with Crippen LogP contribution in [0, 0.1) is 19.8 Å². The van der Waals surface area contributed by atoms with Gasteiger partial charge in [-0.2, -0.15) is 0 Å². The summed E-state index contributed by atoms with van der Waals surface area (Å²) in [5, 5.41) is 7.80. The molecule has 1 aromatic carbocycles. The van der Waals surface area contributed by atoms with Gasteiger partial charge in [-0.3, -0.25) is 9.59 Å². The van der Waals surface area contributed by atoms with Crippen molar-refractivity contribution in [3.05, 3.63) is 65.0 Å². The first kappa shape index (κ1) is 22.1. The highest BCUT2D eigenvalue weighted by Crippen LogP contribution is 2.28. The van der Waals surface area contributed by atoms with E-state index in [1.54, 1.807) is 6.07 Å². The fraction of sp³-hybridized carbons (Fsp3) is 0.385. The van der Waals surface area contributed by atoms with Crippen LogP contribution < -0.4 is 10.1 Å². The molecule has 176 valence electrons. The standard InChI is InChI=1S/C26H28N4O4/c1-16-13-20(24-17(2)29-34-25(24)27-16)26(32)30-12-11-21-19(14-30)9-4-3-7-18-8-5-6-10-22(18)33-15-23(31)28-21/h3-6,8,10,13,19,21H,7,9,11-12,14-15H2,1-2H3,(H,28,31)/b4-3+/t19-,21+/m0/s1. The Bertz CT molecular complexity index is 1260. The molecule has 1 saturated heterocycles. The molecule has 3 aromatic rings. The third-order valence-corrected chi connectivity index (χ3v) is 6.62. The number of carbonyl (C=O) groups is 2. The summed E-state index contributed by atoms with van der Waals surface area (Å²) >= 11 is 0. The molecule has 2 aliphatic rings. The Morgan fingerprint density at radius 3 is 2.94 bits per heavy atom. The maximum absolute atomic E-state index is 13.6. The van der Waals surface area contributed by atoms with Gasteiger partial charge >= 0.3 is 0 Å². The van der Waals surface area contributed by atoms with Crippen molar-refractivity contribution in [1.82, 2.24) is 20.4 Å². The molecule has 0 bridgehead atoms. The molecule has 8 heteroatoms. The zero-order valence-electron chi connectivity index (χ0n) is 19.4. The van der Waals surface area contributed by atoms with E-state index in [9.17, 15) is 9.59 Å². The van der Waals surface area contributed by atoms with E-state index in [1.165, 1.54) is 0 Å². The Morgan fingerprint density at radius 1 is 1.21 bits per heavy atom. The van der Waals surface area contributed by atoms with E-state index in [4.69, 9.17) is 9.26 Å². The van der Waals surface area contributed by atoms with Gasteiger partial charge in [-0.1, -0.05) is 35.5 Å². The van der Waals surface area contributed by atoms with Crippen LogP contribution in [0.15, 0.2) is 47.0 Å². The highest BCUT2D eigenvalue weighted by molar-refractivity contribution is 6.06. The molecular formula is C26H28N4O4. The number of benzene rings is 1. The number of carbonyl (C=O) groups excluding carboxylic acids is 2. The van der Waals surface area contributed by atoms with Crippen LogP contribution in [-0.2, 0) is 11.2 Å². The van der Waals surface area contributed by atoms with Crippen molar-refractivity contribution in [3.63, 3.8) is 0 Å². The number of hydrogen-bond donors (Lipinski definition) is 1. The second-order valence-electron chi connectivity index (χ2n) is 9.04. The van der Waals surface area contributed by atoms with Gasteiger partial charge in [0, 0.05) is 30.7 Å². The Balaban J connectivity index is 1.38. The fourth-order valence-corrected chi connectivity index (χ4v) is 4.89. The molecule has 0 unspecified atom stereocenters. The number of hydrogen-bond acceptors (Lipinski definition) is 6. The van der Waals surface area contributed by atoms with Crippen LogP contribution in [0.1, 0.15) is 40.2 Å². The molecule has 0 spiro atoms. The van der Waals surface area contributed by atoms with Gasteiger partial charge in [0.1, 0.15) is 5.75 Å². The SMILES string of the molecule is Cc1cc(C(=O)N2CC[C@H]3NC(=O)COc4ccccc4C/C=C/C[C@H]3C2)c2c(C)noc2n1. The van der Waals surface area contributed by atoms with E-state index < -0.39 is 0 Å². The molecule has 2 amide bonds. The van der Waals surface area contributed by atoms with Crippen LogP contribution >= 0.6 is 0 Å². The number of aryl methyl sites for hydroxylation is 2. The summed E-state index contributed by atoms with van der Waals surface area (Å²) in [6.45, 7) is 4.75. The zero-order chi connectivity index (χ0) is 23.7. The number of para-hydroxylation sites is 1. The number of nitrogens with zero attached hydrogens (tertiary/aromatic N) is 3. The Hall–Kier alpha value is -3.68. The van der Waals surface area contributed by atoms with Gasteiger partial charge in [-0.05, 0) is 50.8 Å². The van der Waals surface area contributed by atoms with Gasteiger partial charge in [-0.25, -0.2) is 4.98 Å². The average Bonchev–Trinajstić information content (AvgIpc) is 3.20. The summed E-state index contributed by atoms with van der Waals surface area (Å²) in [5.74, 6) is 0.650. The maximum Gasteiger partial charge on any atom is 0.258 e. The minimum absolute atomic E-state index is 0.0176. The fourth-order valence-electron chi connectivity index (χ4n) is 4.89. The zero-order valence-corrected chi connectivity index (χ0v) is 19.4. The molecule has 2 aromatic heterocycles. The summed E-state index contributed by atoms with van der Waals surface area (Å²) in [6, 6.07) is 9.57. The topological polar surface area (TPSA) is 97.6 Å². The van der Waals surface area contributed by atoms with Crippen molar-refractivity contribution in [2.45, 2.75) is 39.2 Å². The van der Waals surface area contributed by atoms with Crippen molar-refractivity contribution in [2.24, 2.45) is 5.92 Å². The second-order valence-corrected chi connectivity index (χ2v) is 9.04. The third-order valence-electron chi connectivity index (χ3n) is 6.62. The lowest BCUT2D eigenvalue weighted by Crippen LogP contribution is -2.53.